The topological polar surface area (TPSA) is 12.0 Å². The summed E-state index contributed by atoms with van der Waals surface area (Å²) in [6, 6.07) is 0. The van der Waals surface area contributed by atoms with Gasteiger partial charge in [-0.25, -0.2) is 0 Å². The molecule has 3 rings (SSSR count). The van der Waals surface area contributed by atoms with Crippen LogP contribution in [0.3, 0.4) is 0 Å². The van der Waals surface area contributed by atoms with Crippen LogP contribution in [-0.2, 0) is 0 Å². The first kappa shape index (κ1) is 18.5. The average Bonchev–Trinajstić information content (AvgIpc) is 2.72. The molecule has 1 aliphatic heterocycles. The fourth-order valence-corrected chi connectivity index (χ4v) is 6.48. The maximum absolute atomic E-state index is 4.53. The van der Waals surface area contributed by atoms with E-state index in [1.807, 2.05) is 0 Å². The summed E-state index contributed by atoms with van der Waals surface area (Å²) in [6.45, 7) is 16.4. The maximum atomic E-state index is 4.53. The minimum atomic E-state index is 0.206. The van der Waals surface area contributed by atoms with Gasteiger partial charge in [-0.3, -0.25) is 0 Å². The molecule has 0 aromatic carbocycles. The summed E-state index contributed by atoms with van der Waals surface area (Å²) < 4.78 is 0. The van der Waals surface area contributed by atoms with E-state index in [0.29, 0.717) is 5.92 Å². The van der Waals surface area contributed by atoms with Gasteiger partial charge < -0.3 is 5.32 Å². The van der Waals surface area contributed by atoms with Crippen molar-refractivity contribution >= 4 is 0 Å². The van der Waals surface area contributed by atoms with Gasteiger partial charge in [-0.15, -0.1) is 0 Å². The second-order valence-electron chi connectivity index (χ2n) is 10.8. The summed E-state index contributed by atoms with van der Waals surface area (Å²) in [4.78, 5) is 0. The fraction of sp³-hybridized carbons (Fsp3) is 0.913. The third kappa shape index (κ3) is 4.09. The van der Waals surface area contributed by atoms with Gasteiger partial charge in [0.2, 0.25) is 0 Å². The molecule has 0 aromatic rings. The highest BCUT2D eigenvalue weighted by atomic mass is 15.1. The van der Waals surface area contributed by atoms with Gasteiger partial charge in [0, 0.05) is 11.1 Å². The van der Waals surface area contributed by atoms with E-state index < -0.39 is 0 Å². The molecular weight excluding hydrogens is 290 g/mol. The number of rotatable bonds is 4. The van der Waals surface area contributed by atoms with Crippen LogP contribution in [0.15, 0.2) is 12.2 Å². The molecule has 1 heteroatoms. The monoisotopic (exact) mass is 331 g/mol. The number of fused-ring (bicyclic) bond motifs is 1. The molecule has 3 fully saturated rings. The number of nitrogens with one attached hydrogen (secondary N) is 1. The van der Waals surface area contributed by atoms with E-state index in [2.05, 4.69) is 46.5 Å². The van der Waals surface area contributed by atoms with E-state index in [-0.39, 0.29) is 11.1 Å². The molecule has 3 aliphatic rings. The largest absolute Gasteiger partial charge is 0.306 e. The summed E-state index contributed by atoms with van der Waals surface area (Å²) in [5, 5.41) is 3.82. The van der Waals surface area contributed by atoms with Crippen molar-refractivity contribution in [1.82, 2.24) is 5.32 Å². The minimum Gasteiger partial charge on any atom is -0.306 e. The van der Waals surface area contributed by atoms with Crippen molar-refractivity contribution in [2.45, 2.75) is 103 Å². The molecule has 0 radical (unpaired) electrons. The zero-order valence-corrected chi connectivity index (χ0v) is 17.0. The Bertz CT molecular complexity index is 461. The summed E-state index contributed by atoms with van der Waals surface area (Å²) in [6.07, 6.45) is 12.9. The molecular formula is C23H41N. The highest BCUT2D eigenvalue weighted by Crippen LogP contribution is 2.47. The molecule has 0 amide bonds. The standard InChI is InChI=1S/C23H41N/c1-16-7-11-20-14-18(10-12-19(20)13-16)9-8-17(2)21-15-22(3,4)24-23(21,5)6/h16,18-21,24H,2,7-15H2,1,3-6H3. The summed E-state index contributed by atoms with van der Waals surface area (Å²) in [5.41, 5.74) is 1.98. The van der Waals surface area contributed by atoms with Crippen molar-refractivity contribution in [2.75, 3.05) is 0 Å². The Labute approximate surface area is 151 Å². The van der Waals surface area contributed by atoms with Gasteiger partial charge in [0.15, 0.2) is 0 Å². The summed E-state index contributed by atoms with van der Waals surface area (Å²) >= 11 is 0. The van der Waals surface area contributed by atoms with Gasteiger partial charge in [-0.1, -0.05) is 31.9 Å². The van der Waals surface area contributed by atoms with Gasteiger partial charge in [-0.2, -0.15) is 0 Å². The number of hydrogen-bond acceptors (Lipinski definition) is 1. The second kappa shape index (κ2) is 6.78. The molecule has 5 atom stereocenters. The molecule has 1 nitrogen and oxygen atoms in total. The first-order valence-electron chi connectivity index (χ1n) is 10.6. The predicted octanol–water partition coefficient (Wildman–Crippen LogP) is 6.34. The van der Waals surface area contributed by atoms with E-state index in [0.717, 1.165) is 23.7 Å². The van der Waals surface area contributed by atoms with Crippen molar-refractivity contribution in [3.05, 3.63) is 12.2 Å². The van der Waals surface area contributed by atoms with Gasteiger partial charge >= 0.3 is 0 Å². The summed E-state index contributed by atoms with van der Waals surface area (Å²) in [5.74, 6) is 4.72. The van der Waals surface area contributed by atoms with E-state index in [1.54, 1.807) is 0 Å². The van der Waals surface area contributed by atoms with Crippen LogP contribution < -0.4 is 5.32 Å². The van der Waals surface area contributed by atoms with E-state index in [1.165, 1.54) is 63.4 Å². The van der Waals surface area contributed by atoms with Gasteiger partial charge in [-0.05, 0) is 102 Å². The van der Waals surface area contributed by atoms with Crippen LogP contribution >= 0.6 is 0 Å². The second-order valence-corrected chi connectivity index (χ2v) is 10.8. The zero-order valence-electron chi connectivity index (χ0n) is 17.0. The van der Waals surface area contributed by atoms with Gasteiger partial charge in [0.1, 0.15) is 0 Å². The lowest BCUT2D eigenvalue weighted by atomic mass is 9.64. The van der Waals surface area contributed by atoms with Crippen LogP contribution in [0.5, 0.6) is 0 Å². The van der Waals surface area contributed by atoms with Crippen molar-refractivity contribution in [3.63, 3.8) is 0 Å². The Kier molecular flexibility index (Phi) is 5.23. The molecule has 1 N–H and O–H groups in total. The van der Waals surface area contributed by atoms with Gasteiger partial charge in [0.25, 0.3) is 0 Å². The third-order valence-corrected chi connectivity index (χ3v) is 7.60. The van der Waals surface area contributed by atoms with Crippen molar-refractivity contribution in [3.8, 4) is 0 Å². The first-order chi connectivity index (χ1) is 11.2. The molecule has 1 heterocycles. The lowest BCUT2D eigenvalue weighted by molar-refractivity contribution is 0.100. The van der Waals surface area contributed by atoms with Crippen LogP contribution in [0.2, 0.25) is 0 Å². The Morgan fingerprint density at radius 2 is 1.67 bits per heavy atom. The van der Waals surface area contributed by atoms with Crippen LogP contribution in [-0.4, -0.2) is 11.1 Å². The molecule has 2 aliphatic carbocycles. The maximum Gasteiger partial charge on any atom is 0.0195 e. The minimum absolute atomic E-state index is 0.206. The lowest BCUT2D eigenvalue weighted by Crippen LogP contribution is -2.45. The molecule has 0 spiro atoms. The molecule has 5 unspecified atom stereocenters. The first-order valence-corrected chi connectivity index (χ1v) is 10.6. The fourth-order valence-electron chi connectivity index (χ4n) is 6.48. The highest BCUT2D eigenvalue weighted by molar-refractivity contribution is 5.16. The van der Waals surface area contributed by atoms with Crippen LogP contribution in [0.1, 0.15) is 92.4 Å². The highest BCUT2D eigenvalue weighted by Gasteiger charge is 2.45. The molecule has 2 saturated carbocycles. The van der Waals surface area contributed by atoms with Gasteiger partial charge in [0.05, 0.1) is 0 Å². The lowest BCUT2D eigenvalue weighted by Gasteiger charge is -2.41. The van der Waals surface area contributed by atoms with Crippen LogP contribution in [0, 0.1) is 29.6 Å². The quantitative estimate of drug-likeness (QED) is 0.592. The van der Waals surface area contributed by atoms with Crippen LogP contribution in [0.4, 0.5) is 0 Å². The molecule has 138 valence electrons. The van der Waals surface area contributed by atoms with E-state index >= 15 is 0 Å². The normalized spacial score (nSPS) is 41.0. The predicted molar refractivity (Wildman–Crippen MR) is 105 cm³/mol. The van der Waals surface area contributed by atoms with Crippen molar-refractivity contribution in [1.29, 1.82) is 0 Å². The molecule has 24 heavy (non-hydrogen) atoms. The van der Waals surface area contributed by atoms with E-state index in [4.69, 9.17) is 0 Å². The Balaban J connectivity index is 1.49. The number of hydrogen-bond donors (Lipinski definition) is 1. The van der Waals surface area contributed by atoms with Crippen molar-refractivity contribution < 1.29 is 0 Å². The molecule has 1 saturated heterocycles. The zero-order chi connectivity index (χ0) is 17.5. The average molecular weight is 332 g/mol. The van der Waals surface area contributed by atoms with Crippen LogP contribution in [0.25, 0.3) is 0 Å². The molecule has 0 aromatic heterocycles. The Morgan fingerprint density at radius 3 is 2.33 bits per heavy atom. The molecule has 0 bridgehead atoms. The summed E-state index contributed by atoms with van der Waals surface area (Å²) in [7, 11) is 0. The third-order valence-electron chi connectivity index (χ3n) is 7.60. The Morgan fingerprint density at radius 1 is 1.00 bits per heavy atom. The van der Waals surface area contributed by atoms with E-state index in [9.17, 15) is 0 Å². The van der Waals surface area contributed by atoms with Crippen molar-refractivity contribution in [2.24, 2.45) is 29.6 Å². The smallest absolute Gasteiger partial charge is 0.0195 e. The Hall–Kier alpha value is -0.300. The SMILES string of the molecule is C=C(CCC1CCC2CC(C)CCC2C1)C1CC(C)(C)NC1(C)C.